The fourth-order valence-electron chi connectivity index (χ4n) is 4.43. The van der Waals surface area contributed by atoms with Crippen molar-refractivity contribution in [3.63, 3.8) is 0 Å². The third-order valence-corrected chi connectivity index (χ3v) is 6.97. The summed E-state index contributed by atoms with van der Waals surface area (Å²) in [5, 5.41) is 28.0. The monoisotopic (exact) mass is 583 g/mol. The summed E-state index contributed by atoms with van der Waals surface area (Å²) in [6, 6.07) is 9.06. The second-order valence-electron chi connectivity index (χ2n) is 10.4. The Hall–Kier alpha value is -4.03. The summed E-state index contributed by atoms with van der Waals surface area (Å²) in [7, 11) is 0. The van der Waals surface area contributed by atoms with Crippen LogP contribution in [0.3, 0.4) is 0 Å². The Morgan fingerprint density at radius 3 is 2.12 bits per heavy atom. The summed E-state index contributed by atoms with van der Waals surface area (Å²) in [6.45, 7) is 3.85. The first-order chi connectivity index (χ1) is 19.5. The average Bonchev–Trinajstić information content (AvgIpc) is 3.34. The number of phenolic OH excluding ortho intramolecular Hbond substituents is 1. The molecule has 3 aromatic rings. The van der Waals surface area contributed by atoms with Gasteiger partial charge in [-0.15, -0.1) is 0 Å². The number of aliphatic carboxylic acids is 1. The van der Waals surface area contributed by atoms with E-state index in [0.29, 0.717) is 12.0 Å². The number of carbonyl (C=O) groups is 4. The van der Waals surface area contributed by atoms with Crippen LogP contribution in [0.2, 0.25) is 0 Å². The Bertz CT molecular complexity index is 1360. The molecule has 0 bridgehead atoms. The standard InChI is InChI=1S/C29H37N5O6S/c1-16(2)11-21(30)26(36)34-25(15-41)28(38)32-23(13-18-14-31-22-6-4-3-5-20(18)22)27(37)33-24(29(39)40)12-17-7-9-19(35)10-8-17/h3-10,14,16,21,23-25,31,35,41H,11-13,15,30H2,1-2H3,(H,32,38)(H,33,37)(H,34,36)(H,39,40). The number of nitrogens with one attached hydrogen (secondary N) is 4. The van der Waals surface area contributed by atoms with Gasteiger partial charge < -0.3 is 36.9 Å². The van der Waals surface area contributed by atoms with Gasteiger partial charge in [-0.3, -0.25) is 14.4 Å². The smallest absolute Gasteiger partial charge is 0.326 e. The minimum atomic E-state index is -1.30. The highest BCUT2D eigenvalue weighted by atomic mass is 32.1. The lowest BCUT2D eigenvalue weighted by atomic mass is 10.0. The number of aromatic nitrogens is 1. The molecule has 0 saturated carbocycles. The van der Waals surface area contributed by atoms with E-state index in [1.807, 2.05) is 38.1 Å². The molecule has 0 aliphatic rings. The van der Waals surface area contributed by atoms with Crippen LogP contribution < -0.4 is 21.7 Å². The normalized spacial score (nSPS) is 14.2. The molecule has 4 atom stereocenters. The van der Waals surface area contributed by atoms with Gasteiger partial charge in [0.05, 0.1) is 6.04 Å². The molecule has 1 heterocycles. The Kier molecular flexibility index (Phi) is 11.2. The van der Waals surface area contributed by atoms with Crippen LogP contribution in [0.5, 0.6) is 5.75 Å². The summed E-state index contributed by atoms with van der Waals surface area (Å²) in [4.78, 5) is 54.5. The third-order valence-electron chi connectivity index (χ3n) is 6.60. The highest BCUT2D eigenvalue weighted by Gasteiger charge is 2.31. The molecule has 0 aliphatic heterocycles. The van der Waals surface area contributed by atoms with E-state index in [2.05, 4.69) is 33.6 Å². The number of phenols is 1. The first-order valence-corrected chi connectivity index (χ1v) is 13.9. The molecule has 4 unspecified atom stereocenters. The van der Waals surface area contributed by atoms with E-state index in [-0.39, 0.29) is 30.3 Å². The van der Waals surface area contributed by atoms with E-state index in [9.17, 15) is 29.4 Å². The average molecular weight is 584 g/mol. The van der Waals surface area contributed by atoms with Gasteiger partial charge in [0.1, 0.15) is 23.9 Å². The van der Waals surface area contributed by atoms with Gasteiger partial charge in [-0.2, -0.15) is 12.6 Å². The van der Waals surface area contributed by atoms with Gasteiger partial charge in [0.15, 0.2) is 0 Å². The highest BCUT2D eigenvalue weighted by Crippen LogP contribution is 2.19. The summed E-state index contributed by atoms with van der Waals surface area (Å²) < 4.78 is 0. The number of para-hydroxylation sites is 1. The number of aromatic amines is 1. The summed E-state index contributed by atoms with van der Waals surface area (Å²) in [5.41, 5.74) is 8.12. The maximum atomic E-state index is 13.5. The molecule has 12 heteroatoms. The maximum absolute atomic E-state index is 13.5. The number of carbonyl (C=O) groups excluding carboxylic acids is 3. The van der Waals surface area contributed by atoms with Gasteiger partial charge in [-0.05, 0) is 41.7 Å². The van der Waals surface area contributed by atoms with Crippen molar-refractivity contribution in [1.82, 2.24) is 20.9 Å². The van der Waals surface area contributed by atoms with Crippen LogP contribution in [0.25, 0.3) is 10.9 Å². The molecule has 0 spiro atoms. The Labute approximate surface area is 243 Å². The summed E-state index contributed by atoms with van der Waals surface area (Å²) in [6.07, 6.45) is 2.16. The first-order valence-electron chi connectivity index (χ1n) is 13.3. The number of carboxylic acids is 1. The minimum Gasteiger partial charge on any atom is -0.508 e. The number of benzene rings is 2. The second kappa shape index (κ2) is 14.6. The van der Waals surface area contributed by atoms with E-state index in [1.54, 1.807) is 18.3 Å². The van der Waals surface area contributed by atoms with Crippen molar-refractivity contribution in [3.8, 4) is 5.75 Å². The van der Waals surface area contributed by atoms with Crippen molar-refractivity contribution in [3.05, 3.63) is 65.9 Å². The predicted molar refractivity (Wildman–Crippen MR) is 159 cm³/mol. The fraction of sp³-hybridized carbons (Fsp3) is 0.379. The topological polar surface area (TPSA) is 187 Å². The SMILES string of the molecule is CC(C)CC(N)C(=O)NC(CS)C(=O)NC(Cc1c[nH]c2ccccc12)C(=O)NC(Cc1ccc(O)cc1)C(=O)O. The van der Waals surface area contributed by atoms with E-state index in [4.69, 9.17) is 5.73 Å². The molecular formula is C29H37N5O6S. The number of carboxylic acid groups (broad SMARTS) is 1. The quantitative estimate of drug-likeness (QED) is 0.132. The Morgan fingerprint density at radius 2 is 1.49 bits per heavy atom. The minimum absolute atomic E-state index is 0.0298. The van der Waals surface area contributed by atoms with E-state index >= 15 is 0 Å². The summed E-state index contributed by atoms with van der Waals surface area (Å²) in [5.74, 6) is -2.99. The molecular weight excluding hydrogens is 546 g/mol. The van der Waals surface area contributed by atoms with Crippen LogP contribution in [-0.4, -0.2) is 68.8 Å². The lowest BCUT2D eigenvalue weighted by molar-refractivity contribution is -0.142. The first kappa shape index (κ1) is 31.5. The molecule has 8 N–H and O–H groups in total. The molecule has 0 saturated heterocycles. The largest absolute Gasteiger partial charge is 0.508 e. The fourth-order valence-corrected chi connectivity index (χ4v) is 4.69. The predicted octanol–water partition coefficient (Wildman–Crippen LogP) is 1.50. The molecule has 3 rings (SSSR count). The number of aromatic hydroxyl groups is 1. The van der Waals surface area contributed by atoms with E-state index in [0.717, 1.165) is 16.5 Å². The maximum Gasteiger partial charge on any atom is 0.326 e. The second-order valence-corrected chi connectivity index (χ2v) is 10.7. The van der Waals surface area contributed by atoms with Crippen molar-refractivity contribution >= 4 is 47.2 Å². The molecule has 220 valence electrons. The number of hydrogen-bond donors (Lipinski definition) is 8. The van der Waals surface area contributed by atoms with Crippen LogP contribution in [0.4, 0.5) is 0 Å². The van der Waals surface area contributed by atoms with Gasteiger partial charge in [0.25, 0.3) is 0 Å². The Morgan fingerprint density at radius 1 is 0.878 bits per heavy atom. The molecule has 2 aromatic carbocycles. The van der Waals surface area contributed by atoms with Gasteiger partial charge in [0.2, 0.25) is 17.7 Å². The van der Waals surface area contributed by atoms with Crippen molar-refractivity contribution in [2.24, 2.45) is 11.7 Å². The number of rotatable bonds is 14. The van der Waals surface area contributed by atoms with E-state index < -0.39 is 47.9 Å². The van der Waals surface area contributed by atoms with Crippen LogP contribution in [-0.2, 0) is 32.0 Å². The lowest BCUT2D eigenvalue weighted by Gasteiger charge is -2.25. The van der Waals surface area contributed by atoms with Crippen molar-refractivity contribution in [1.29, 1.82) is 0 Å². The molecule has 41 heavy (non-hydrogen) atoms. The van der Waals surface area contributed by atoms with Crippen molar-refractivity contribution in [2.75, 3.05) is 5.75 Å². The van der Waals surface area contributed by atoms with Crippen LogP contribution in [0.15, 0.2) is 54.7 Å². The molecule has 0 fully saturated rings. The van der Waals surface area contributed by atoms with Crippen LogP contribution in [0, 0.1) is 5.92 Å². The lowest BCUT2D eigenvalue weighted by Crippen LogP contribution is -2.58. The molecule has 3 amide bonds. The number of thiol groups is 1. The number of fused-ring (bicyclic) bond motifs is 1. The van der Waals surface area contributed by atoms with E-state index in [1.165, 1.54) is 12.1 Å². The summed E-state index contributed by atoms with van der Waals surface area (Å²) >= 11 is 4.21. The Balaban J connectivity index is 1.81. The van der Waals surface area contributed by atoms with Gasteiger partial charge >= 0.3 is 5.97 Å². The van der Waals surface area contributed by atoms with Crippen molar-refractivity contribution in [2.45, 2.75) is 57.3 Å². The molecule has 0 radical (unpaired) electrons. The molecule has 11 nitrogen and oxygen atoms in total. The zero-order valence-electron chi connectivity index (χ0n) is 23.0. The van der Waals surface area contributed by atoms with Gasteiger partial charge in [-0.1, -0.05) is 44.2 Å². The van der Waals surface area contributed by atoms with Crippen LogP contribution in [0.1, 0.15) is 31.4 Å². The van der Waals surface area contributed by atoms with Gasteiger partial charge in [-0.25, -0.2) is 4.79 Å². The number of hydrogen-bond acceptors (Lipinski definition) is 7. The number of amides is 3. The molecule has 0 aliphatic carbocycles. The molecule has 1 aromatic heterocycles. The number of nitrogens with two attached hydrogens (primary N) is 1. The van der Waals surface area contributed by atoms with Crippen molar-refractivity contribution < 1.29 is 29.4 Å². The highest BCUT2D eigenvalue weighted by molar-refractivity contribution is 7.80. The van der Waals surface area contributed by atoms with Crippen LogP contribution >= 0.6 is 12.6 Å². The third kappa shape index (κ3) is 8.98. The zero-order chi connectivity index (χ0) is 30.1. The van der Waals surface area contributed by atoms with Gasteiger partial charge in [0, 0.05) is 35.7 Å². The number of H-pyrrole nitrogens is 1. The zero-order valence-corrected chi connectivity index (χ0v) is 23.9.